The fourth-order valence-electron chi connectivity index (χ4n) is 2.29. The van der Waals surface area contributed by atoms with Gasteiger partial charge in [0.05, 0.1) is 6.10 Å². The molecule has 0 radical (unpaired) electrons. The number of ether oxygens (including phenoxy) is 1. The molecule has 0 heterocycles. The maximum absolute atomic E-state index is 5.90. The first-order valence-corrected chi connectivity index (χ1v) is 6.50. The lowest BCUT2D eigenvalue weighted by molar-refractivity contribution is 0.303. The van der Waals surface area contributed by atoms with E-state index in [0.717, 1.165) is 12.2 Å². The number of hydrogen-bond donors (Lipinski definition) is 1. The predicted molar refractivity (Wildman–Crippen MR) is 71.4 cm³/mol. The molecular formula is C15H23NO. The second-order valence-corrected chi connectivity index (χ2v) is 5.91. The zero-order valence-corrected chi connectivity index (χ0v) is 11.1. The van der Waals surface area contributed by atoms with E-state index in [2.05, 4.69) is 45.0 Å². The van der Waals surface area contributed by atoms with Gasteiger partial charge in [-0.05, 0) is 49.3 Å². The van der Waals surface area contributed by atoms with Crippen molar-refractivity contribution >= 4 is 0 Å². The minimum absolute atomic E-state index is 0.131. The maximum atomic E-state index is 5.90. The van der Waals surface area contributed by atoms with Gasteiger partial charge in [0.1, 0.15) is 5.75 Å². The Morgan fingerprint density at radius 1 is 1.29 bits per heavy atom. The lowest BCUT2D eigenvalue weighted by Gasteiger charge is -2.27. The molecule has 1 unspecified atom stereocenters. The summed E-state index contributed by atoms with van der Waals surface area (Å²) in [6.45, 7) is 6.55. The molecule has 1 aliphatic rings. The van der Waals surface area contributed by atoms with Crippen LogP contribution in [0.4, 0.5) is 0 Å². The Labute approximate surface area is 104 Å². The Hall–Kier alpha value is -1.02. The third-order valence-corrected chi connectivity index (χ3v) is 3.30. The number of nitrogens with two attached hydrogens (primary N) is 1. The van der Waals surface area contributed by atoms with Gasteiger partial charge in [0.25, 0.3) is 0 Å². The summed E-state index contributed by atoms with van der Waals surface area (Å²) >= 11 is 0. The molecule has 0 amide bonds. The van der Waals surface area contributed by atoms with Gasteiger partial charge in [0.2, 0.25) is 0 Å². The number of benzene rings is 1. The molecule has 2 heteroatoms. The molecule has 1 fully saturated rings. The molecule has 0 aromatic heterocycles. The van der Waals surface area contributed by atoms with Crippen molar-refractivity contribution in [3.63, 3.8) is 0 Å². The predicted octanol–water partition coefficient (Wildman–Crippen LogP) is 3.24. The molecule has 2 N–H and O–H groups in total. The standard InChI is InChI=1S/C15H23NO/c1-11(16)10-15(2,3)12-4-6-13(7-5-12)17-14-8-9-14/h4-7,11,14H,8-10,16H2,1-3H3. The van der Waals surface area contributed by atoms with Crippen LogP contribution in [0.2, 0.25) is 0 Å². The molecule has 1 aromatic rings. The summed E-state index contributed by atoms with van der Waals surface area (Å²) in [4.78, 5) is 0. The molecular weight excluding hydrogens is 210 g/mol. The molecule has 1 atom stereocenters. The summed E-state index contributed by atoms with van der Waals surface area (Å²) in [6, 6.07) is 8.72. The van der Waals surface area contributed by atoms with E-state index in [-0.39, 0.29) is 11.5 Å². The van der Waals surface area contributed by atoms with Crippen molar-refractivity contribution in [1.82, 2.24) is 0 Å². The topological polar surface area (TPSA) is 35.2 Å². The van der Waals surface area contributed by atoms with Gasteiger partial charge < -0.3 is 10.5 Å². The third-order valence-electron chi connectivity index (χ3n) is 3.30. The molecule has 0 bridgehead atoms. The summed E-state index contributed by atoms with van der Waals surface area (Å²) < 4.78 is 5.75. The van der Waals surface area contributed by atoms with E-state index in [4.69, 9.17) is 10.5 Å². The van der Waals surface area contributed by atoms with E-state index < -0.39 is 0 Å². The second kappa shape index (κ2) is 4.69. The highest BCUT2D eigenvalue weighted by Gasteiger charge is 2.24. The van der Waals surface area contributed by atoms with Crippen LogP contribution in [0.3, 0.4) is 0 Å². The van der Waals surface area contributed by atoms with Crippen LogP contribution < -0.4 is 10.5 Å². The second-order valence-electron chi connectivity index (χ2n) is 5.91. The maximum Gasteiger partial charge on any atom is 0.119 e. The zero-order chi connectivity index (χ0) is 12.5. The van der Waals surface area contributed by atoms with Gasteiger partial charge in [-0.25, -0.2) is 0 Å². The van der Waals surface area contributed by atoms with Crippen LogP contribution in [0.5, 0.6) is 5.75 Å². The van der Waals surface area contributed by atoms with Crippen LogP contribution in [-0.2, 0) is 5.41 Å². The SMILES string of the molecule is CC(N)CC(C)(C)c1ccc(OC2CC2)cc1. The Bertz CT molecular complexity index is 363. The van der Waals surface area contributed by atoms with Gasteiger partial charge in [0.15, 0.2) is 0 Å². The summed E-state index contributed by atoms with van der Waals surface area (Å²) in [7, 11) is 0. The molecule has 1 aromatic carbocycles. The average molecular weight is 233 g/mol. The highest BCUT2D eigenvalue weighted by Crippen LogP contribution is 2.31. The van der Waals surface area contributed by atoms with Crippen molar-refractivity contribution < 1.29 is 4.74 Å². The zero-order valence-electron chi connectivity index (χ0n) is 11.1. The molecule has 1 saturated carbocycles. The Morgan fingerprint density at radius 3 is 2.35 bits per heavy atom. The molecule has 0 spiro atoms. The summed E-state index contributed by atoms with van der Waals surface area (Å²) in [5, 5.41) is 0. The van der Waals surface area contributed by atoms with Gasteiger partial charge in [-0.15, -0.1) is 0 Å². The van der Waals surface area contributed by atoms with Crippen LogP contribution in [0.25, 0.3) is 0 Å². The fourth-order valence-corrected chi connectivity index (χ4v) is 2.29. The Balaban J connectivity index is 2.04. The van der Waals surface area contributed by atoms with Gasteiger partial charge in [-0.1, -0.05) is 26.0 Å². The van der Waals surface area contributed by atoms with Crippen molar-refractivity contribution in [2.24, 2.45) is 5.73 Å². The number of rotatable bonds is 5. The van der Waals surface area contributed by atoms with Crippen molar-refractivity contribution in [1.29, 1.82) is 0 Å². The fraction of sp³-hybridized carbons (Fsp3) is 0.600. The normalized spacial score (nSPS) is 17.9. The summed E-state index contributed by atoms with van der Waals surface area (Å²) in [6.07, 6.45) is 3.88. The van der Waals surface area contributed by atoms with E-state index >= 15 is 0 Å². The van der Waals surface area contributed by atoms with Gasteiger partial charge in [0, 0.05) is 6.04 Å². The van der Waals surface area contributed by atoms with Crippen LogP contribution in [0, 0.1) is 0 Å². The smallest absolute Gasteiger partial charge is 0.119 e. The molecule has 17 heavy (non-hydrogen) atoms. The molecule has 1 aliphatic carbocycles. The Kier molecular flexibility index (Phi) is 3.43. The first-order chi connectivity index (χ1) is 7.97. The van der Waals surface area contributed by atoms with Gasteiger partial charge >= 0.3 is 0 Å². The molecule has 94 valence electrons. The van der Waals surface area contributed by atoms with Gasteiger partial charge in [-0.3, -0.25) is 0 Å². The first-order valence-electron chi connectivity index (χ1n) is 6.50. The van der Waals surface area contributed by atoms with E-state index in [1.807, 2.05) is 0 Å². The lowest BCUT2D eigenvalue weighted by atomic mass is 9.79. The highest BCUT2D eigenvalue weighted by atomic mass is 16.5. The van der Waals surface area contributed by atoms with E-state index in [0.29, 0.717) is 6.10 Å². The van der Waals surface area contributed by atoms with Crippen LogP contribution in [0.15, 0.2) is 24.3 Å². The van der Waals surface area contributed by atoms with Crippen LogP contribution in [0.1, 0.15) is 45.6 Å². The average Bonchev–Trinajstić information content (AvgIpc) is 3.00. The van der Waals surface area contributed by atoms with Crippen LogP contribution >= 0.6 is 0 Å². The minimum atomic E-state index is 0.131. The third kappa shape index (κ3) is 3.47. The molecule has 2 nitrogen and oxygen atoms in total. The summed E-state index contributed by atoms with van der Waals surface area (Å²) in [5.41, 5.74) is 7.36. The van der Waals surface area contributed by atoms with Crippen LogP contribution in [-0.4, -0.2) is 12.1 Å². The van der Waals surface area contributed by atoms with E-state index in [1.165, 1.54) is 18.4 Å². The first kappa shape index (κ1) is 12.4. The van der Waals surface area contributed by atoms with E-state index in [9.17, 15) is 0 Å². The van der Waals surface area contributed by atoms with Crippen molar-refractivity contribution in [3.05, 3.63) is 29.8 Å². The van der Waals surface area contributed by atoms with Crippen molar-refractivity contribution in [3.8, 4) is 5.75 Å². The van der Waals surface area contributed by atoms with Crippen molar-refractivity contribution in [2.75, 3.05) is 0 Å². The van der Waals surface area contributed by atoms with Crippen molar-refractivity contribution in [2.45, 2.75) is 57.6 Å². The molecule has 0 saturated heterocycles. The minimum Gasteiger partial charge on any atom is -0.490 e. The molecule has 2 rings (SSSR count). The van der Waals surface area contributed by atoms with E-state index in [1.54, 1.807) is 0 Å². The molecule has 0 aliphatic heterocycles. The highest BCUT2D eigenvalue weighted by molar-refractivity contribution is 5.32. The number of hydrogen-bond acceptors (Lipinski definition) is 2. The summed E-state index contributed by atoms with van der Waals surface area (Å²) in [5.74, 6) is 0.993. The largest absolute Gasteiger partial charge is 0.490 e. The monoisotopic (exact) mass is 233 g/mol. The Morgan fingerprint density at radius 2 is 1.88 bits per heavy atom. The lowest BCUT2D eigenvalue weighted by Crippen LogP contribution is -2.28. The quantitative estimate of drug-likeness (QED) is 0.847. The van der Waals surface area contributed by atoms with Gasteiger partial charge in [-0.2, -0.15) is 0 Å².